The molecule has 0 aromatic heterocycles. The van der Waals surface area contributed by atoms with Gasteiger partial charge in [-0.1, -0.05) is 48.5 Å². The predicted octanol–water partition coefficient (Wildman–Crippen LogP) is 4.16. The third-order valence-electron chi connectivity index (χ3n) is 3.79. The number of amides is 1. The molecule has 0 aliphatic carbocycles. The lowest BCUT2D eigenvalue weighted by Gasteiger charge is -2.14. The minimum absolute atomic E-state index is 0.0422. The molecule has 1 atom stereocenters. The van der Waals surface area contributed by atoms with Crippen LogP contribution in [0.5, 0.6) is 0 Å². The maximum atomic E-state index is 13.6. The number of benzene rings is 3. The first-order valence-electron chi connectivity index (χ1n) is 7.80. The predicted molar refractivity (Wildman–Crippen MR) is 93.9 cm³/mol. The fraction of sp³-hybridized carbons (Fsp3) is 0.100. The van der Waals surface area contributed by atoms with E-state index in [-0.39, 0.29) is 5.69 Å². The number of carbonyl (C=O) groups excluding carboxylic acids is 2. The van der Waals surface area contributed by atoms with Crippen molar-refractivity contribution in [2.24, 2.45) is 0 Å². The van der Waals surface area contributed by atoms with Gasteiger partial charge in [-0.3, -0.25) is 4.79 Å². The van der Waals surface area contributed by atoms with E-state index in [2.05, 4.69) is 5.32 Å². The number of ether oxygens (including phenoxy) is 1. The zero-order valence-corrected chi connectivity index (χ0v) is 13.5. The summed E-state index contributed by atoms with van der Waals surface area (Å²) >= 11 is 0. The van der Waals surface area contributed by atoms with Crippen molar-refractivity contribution in [3.05, 3.63) is 78.1 Å². The molecule has 0 aliphatic rings. The largest absolute Gasteiger partial charge is 0.449 e. The van der Waals surface area contributed by atoms with Crippen LogP contribution in [0, 0.1) is 5.82 Å². The second-order valence-corrected chi connectivity index (χ2v) is 5.54. The van der Waals surface area contributed by atoms with Gasteiger partial charge in [0.05, 0.1) is 11.3 Å². The second-order valence-electron chi connectivity index (χ2n) is 5.54. The van der Waals surface area contributed by atoms with E-state index in [1.54, 1.807) is 18.2 Å². The van der Waals surface area contributed by atoms with E-state index in [0.717, 1.165) is 10.8 Å². The average Bonchev–Trinajstić information content (AvgIpc) is 2.63. The first-order chi connectivity index (χ1) is 12.1. The van der Waals surface area contributed by atoms with E-state index in [9.17, 15) is 14.0 Å². The Hall–Kier alpha value is -3.21. The Labute approximate surface area is 144 Å². The first-order valence-corrected chi connectivity index (χ1v) is 7.80. The lowest BCUT2D eigenvalue weighted by atomic mass is 10.0. The van der Waals surface area contributed by atoms with Gasteiger partial charge in [-0.15, -0.1) is 0 Å². The Morgan fingerprint density at radius 1 is 0.960 bits per heavy atom. The third kappa shape index (κ3) is 3.66. The Balaban J connectivity index is 1.74. The van der Waals surface area contributed by atoms with Crippen LogP contribution in [0.25, 0.3) is 10.8 Å². The number of carbonyl (C=O) groups is 2. The number of fused-ring (bicyclic) bond motifs is 1. The zero-order valence-electron chi connectivity index (χ0n) is 13.5. The van der Waals surface area contributed by atoms with E-state index in [1.807, 2.05) is 30.3 Å². The number of para-hydroxylation sites is 1. The minimum Gasteiger partial charge on any atom is -0.449 e. The topological polar surface area (TPSA) is 55.4 Å². The molecule has 4 nitrogen and oxygen atoms in total. The van der Waals surface area contributed by atoms with Crippen LogP contribution in [0.3, 0.4) is 0 Å². The van der Waals surface area contributed by atoms with Crippen LogP contribution in [0.15, 0.2) is 66.7 Å². The van der Waals surface area contributed by atoms with Gasteiger partial charge in [-0.05, 0) is 35.9 Å². The number of nitrogens with one attached hydrogen (secondary N) is 1. The van der Waals surface area contributed by atoms with Crippen LogP contribution in [0.4, 0.5) is 10.1 Å². The number of hydrogen-bond donors (Lipinski definition) is 1. The fourth-order valence-corrected chi connectivity index (χ4v) is 2.48. The summed E-state index contributed by atoms with van der Waals surface area (Å²) in [6.45, 7) is 1.44. The average molecular weight is 337 g/mol. The smallest absolute Gasteiger partial charge is 0.339 e. The summed E-state index contributed by atoms with van der Waals surface area (Å²) in [6, 6.07) is 18.5. The molecular weight excluding hydrogens is 321 g/mol. The normalized spacial score (nSPS) is 11.8. The molecule has 0 unspecified atom stereocenters. The molecule has 0 heterocycles. The number of hydrogen-bond acceptors (Lipinski definition) is 3. The van der Waals surface area contributed by atoms with Crippen LogP contribution < -0.4 is 5.32 Å². The molecule has 25 heavy (non-hydrogen) atoms. The van der Waals surface area contributed by atoms with Crippen molar-refractivity contribution < 1.29 is 18.7 Å². The van der Waals surface area contributed by atoms with Crippen LogP contribution in [-0.2, 0) is 9.53 Å². The summed E-state index contributed by atoms with van der Waals surface area (Å²) in [5.41, 5.74) is 0.421. The maximum Gasteiger partial charge on any atom is 0.339 e. The molecule has 0 aliphatic heterocycles. The molecule has 0 fully saturated rings. The van der Waals surface area contributed by atoms with Gasteiger partial charge in [-0.2, -0.15) is 0 Å². The van der Waals surface area contributed by atoms with E-state index in [1.165, 1.54) is 25.1 Å². The molecule has 0 saturated heterocycles. The van der Waals surface area contributed by atoms with Gasteiger partial charge >= 0.3 is 5.97 Å². The highest BCUT2D eigenvalue weighted by Crippen LogP contribution is 2.20. The summed E-state index contributed by atoms with van der Waals surface area (Å²) in [5, 5.41) is 4.06. The quantitative estimate of drug-likeness (QED) is 0.727. The highest BCUT2D eigenvalue weighted by molar-refractivity contribution is 6.05. The lowest BCUT2D eigenvalue weighted by Crippen LogP contribution is -2.30. The molecule has 0 radical (unpaired) electrons. The molecule has 5 heteroatoms. The zero-order chi connectivity index (χ0) is 17.8. The molecule has 3 rings (SSSR count). The molecular formula is C20H16FNO3. The van der Waals surface area contributed by atoms with Crippen molar-refractivity contribution in [1.82, 2.24) is 0 Å². The molecule has 3 aromatic rings. The van der Waals surface area contributed by atoms with E-state index < -0.39 is 23.8 Å². The van der Waals surface area contributed by atoms with Crippen LogP contribution in [0.1, 0.15) is 17.3 Å². The van der Waals surface area contributed by atoms with Gasteiger partial charge in [0.2, 0.25) is 0 Å². The third-order valence-corrected chi connectivity index (χ3v) is 3.79. The van der Waals surface area contributed by atoms with Crippen LogP contribution in [0.2, 0.25) is 0 Å². The first kappa shape index (κ1) is 16.6. The second kappa shape index (κ2) is 7.13. The number of halogens is 1. The van der Waals surface area contributed by atoms with Crippen LogP contribution >= 0.6 is 0 Å². The van der Waals surface area contributed by atoms with Crippen molar-refractivity contribution in [2.75, 3.05) is 5.32 Å². The Morgan fingerprint density at radius 2 is 1.64 bits per heavy atom. The maximum absolute atomic E-state index is 13.6. The summed E-state index contributed by atoms with van der Waals surface area (Å²) in [6.07, 6.45) is -1.06. The summed E-state index contributed by atoms with van der Waals surface area (Å²) < 4.78 is 18.8. The van der Waals surface area contributed by atoms with Crippen LogP contribution in [-0.4, -0.2) is 18.0 Å². The van der Waals surface area contributed by atoms with Crippen molar-refractivity contribution in [3.63, 3.8) is 0 Å². The Morgan fingerprint density at radius 3 is 2.44 bits per heavy atom. The fourth-order valence-electron chi connectivity index (χ4n) is 2.48. The van der Waals surface area contributed by atoms with Crippen molar-refractivity contribution in [1.29, 1.82) is 0 Å². The number of anilines is 1. The van der Waals surface area contributed by atoms with E-state index in [4.69, 9.17) is 4.74 Å². The van der Waals surface area contributed by atoms with Crippen molar-refractivity contribution in [3.8, 4) is 0 Å². The van der Waals surface area contributed by atoms with Crippen molar-refractivity contribution >= 4 is 28.3 Å². The minimum atomic E-state index is -1.06. The summed E-state index contributed by atoms with van der Waals surface area (Å²) in [5.74, 6) is -1.75. The molecule has 0 saturated carbocycles. The standard InChI is InChI=1S/C20H16FNO3/c1-13(19(23)22-18-12-5-4-11-17(18)21)25-20(24)16-10-6-8-14-7-2-3-9-15(14)16/h2-13H,1H3,(H,22,23)/t13-/m0/s1. The summed E-state index contributed by atoms with van der Waals surface area (Å²) in [7, 11) is 0. The van der Waals surface area contributed by atoms with Gasteiger partial charge in [0.15, 0.2) is 6.10 Å². The highest BCUT2D eigenvalue weighted by atomic mass is 19.1. The van der Waals surface area contributed by atoms with Gasteiger partial charge in [0, 0.05) is 0 Å². The molecule has 1 N–H and O–H groups in total. The highest BCUT2D eigenvalue weighted by Gasteiger charge is 2.21. The van der Waals surface area contributed by atoms with Gasteiger partial charge < -0.3 is 10.1 Å². The molecule has 0 spiro atoms. The summed E-state index contributed by atoms with van der Waals surface area (Å²) in [4.78, 5) is 24.6. The van der Waals surface area contributed by atoms with Gasteiger partial charge in [0.1, 0.15) is 5.82 Å². The monoisotopic (exact) mass is 337 g/mol. The Kier molecular flexibility index (Phi) is 4.75. The molecule has 0 bridgehead atoms. The van der Waals surface area contributed by atoms with Gasteiger partial charge in [0.25, 0.3) is 5.91 Å². The number of rotatable bonds is 4. The SMILES string of the molecule is C[C@H](OC(=O)c1cccc2ccccc12)C(=O)Nc1ccccc1F. The van der Waals surface area contributed by atoms with Crippen molar-refractivity contribution in [2.45, 2.75) is 13.0 Å². The number of esters is 1. The van der Waals surface area contributed by atoms with Gasteiger partial charge in [-0.25, -0.2) is 9.18 Å². The Bertz CT molecular complexity index is 934. The molecule has 1 amide bonds. The molecule has 3 aromatic carbocycles. The van der Waals surface area contributed by atoms with E-state index in [0.29, 0.717) is 5.56 Å². The lowest BCUT2D eigenvalue weighted by molar-refractivity contribution is -0.123. The van der Waals surface area contributed by atoms with E-state index >= 15 is 0 Å². The molecule has 126 valence electrons.